The number of fused-ring (bicyclic) bond motifs is 1. The molecule has 8 heteroatoms. The van der Waals surface area contributed by atoms with Crippen molar-refractivity contribution in [3.63, 3.8) is 0 Å². The third kappa shape index (κ3) is 2.89. The number of benzene rings is 1. The summed E-state index contributed by atoms with van der Waals surface area (Å²) in [5.74, 6) is -3.80. The molecule has 0 unspecified atom stereocenters. The summed E-state index contributed by atoms with van der Waals surface area (Å²) >= 11 is 0. The molecular formula is C16H14F2N2O3S. The molecule has 2 heterocycles. The summed E-state index contributed by atoms with van der Waals surface area (Å²) in [7, 11) is -4.66. The van der Waals surface area contributed by atoms with E-state index in [4.69, 9.17) is 0 Å². The van der Waals surface area contributed by atoms with Gasteiger partial charge < -0.3 is 4.90 Å². The SMILES string of the molecule is O=C(c1ccc(S(=O)(=O)C(F)F)cc1)N1CCCc2ncccc21. The van der Waals surface area contributed by atoms with Crippen LogP contribution in [0.15, 0.2) is 47.5 Å². The highest BCUT2D eigenvalue weighted by Gasteiger charge is 2.28. The first-order valence-corrected chi connectivity index (χ1v) is 8.84. The van der Waals surface area contributed by atoms with Gasteiger partial charge in [0.25, 0.3) is 5.91 Å². The Morgan fingerprint density at radius 1 is 1.17 bits per heavy atom. The number of nitrogens with zero attached hydrogens (tertiary/aromatic N) is 2. The molecule has 0 bridgehead atoms. The third-order valence-corrected chi connectivity index (χ3v) is 5.26. The number of aromatic nitrogens is 1. The molecule has 0 spiro atoms. The topological polar surface area (TPSA) is 67.3 Å². The van der Waals surface area contributed by atoms with Crippen molar-refractivity contribution in [3.8, 4) is 0 Å². The molecule has 0 atom stereocenters. The van der Waals surface area contributed by atoms with Crippen molar-refractivity contribution < 1.29 is 22.0 Å². The molecule has 1 aliphatic rings. The van der Waals surface area contributed by atoms with Gasteiger partial charge in [-0.2, -0.15) is 8.78 Å². The zero-order valence-electron chi connectivity index (χ0n) is 12.5. The first-order chi connectivity index (χ1) is 11.4. The van der Waals surface area contributed by atoms with E-state index in [1.807, 2.05) is 0 Å². The lowest BCUT2D eigenvalue weighted by atomic mass is 10.1. The summed E-state index contributed by atoms with van der Waals surface area (Å²) in [5.41, 5.74) is 1.78. The molecule has 3 rings (SSSR count). The number of halogens is 2. The van der Waals surface area contributed by atoms with Crippen molar-refractivity contribution in [2.45, 2.75) is 23.5 Å². The molecule has 1 aromatic carbocycles. The lowest BCUT2D eigenvalue weighted by Crippen LogP contribution is -2.35. The second-order valence-corrected chi connectivity index (χ2v) is 7.28. The highest BCUT2D eigenvalue weighted by Crippen LogP contribution is 2.27. The fraction of sp³-hybridized carbons (Fsp3) is 0.250. The van der Waals surface area contributed by atoms with E-state index in [1.165, 1.54) is 12.1 Å². The predicted octanol–water partition coefficient (Wildman–Crippen LogP) is 2.67. The van der Waals surface area contributed by atoms with Crippen LogP contribution in [0.4, 0.5) is 14.5 Å². The first-order valence-electron chi connectivity index (χ1n) is 7.29. The molecule has 2 aromatic rings. The Kier molecular flexibility index (Phi) is 4.31. The van der Waals surface area contributed by atoms with Crippen molar-refractivity contribution in [1.29, 1.82) is 0 Å². The van der Waals surface area contributed by atoms with Gasteiger partial charge in [0.1, 0.15) is 0 Å². The lowest BCUT2D eigenvalue weighted by molar-refractivity contribution is 0.0985. The molecule has 1 aromatic heterocycles. The molecule has 0 radical (unpaired) electrons. The van der Waals surface area contributed by atoms with E-state index in [0.29, 0.717) is 6.54 Å². The summed E-state index contributed by atoms with van der Waals surface area (Å²) in [4.78, 5) is 18.0. The number of anilines is 1. The zero-order chi connectivity index (χ0) is 17.3. The Hall–Kier alpha value is -2.35. The maximum Gasteiger partial charge on any atom is 0.341 e. The Bertz CT molecular complexity index is 867. The smallest absolute Gasteiger partial charge is 0.307 e. The van der Waals surface area contributed by atoms with Crippen LogP contribution < -0.4 is 4.90 Å². The van der Waals surface area contributed by atoms with Crippen molar-refractivity contribution in [2.24, 2.45) is 0 Å². The normalized spacial score (nSPS) is 14.5. The Balaban J connectivity index is 1.90. The van der Waals surface area contributed by atoms with Crippen LogP contribution >= 0.6 is 0 Å². The maximum absolute atomic E-state index is 12.7. The fourth-order valence-electron chi connectivity index (χ4n) is 2.65. The number of hydrogen-bond acceptors (Lipinski definition) is 4. The minimum atomic E-state index is -4.66. The first kappa shape index (κ1) is 16.5. The van der Waals surface area contributed by atoms with Gasteiger partial charge in [-0.15, -0.1) is 0 Å². The van der Waals surface area contributed by atoms with Crippen molar-refractivity contribution in [2.75, 3.05) is 11.4 Å². The molecule has 0 fully saturated rings. The number of carbonyl (C=O) groups excluding carboxylic acids is 1. The van der Waals surface area contributed by atoms with Crippen LogP contribution in [-0.4, -0.2) is 31.6 Å². The molecule has 5 nitrogen and oxygen atoms in total. The van der Waals surface area contributed by atoms with Gasteiger partial charge in [-0.25, -0.2) is 8.42 Å². The van der Waals surface area contributed by atoms with E-state index < -0.39 is 20.5 Å². The monoisotopic (exact) mass is 352 g/mol. The second kappa shape index (κ2) is 6.27. The largest absolute Gasteiger partial charge is 0.341 e. The minimum absolute atomic E-state index is 0.236. The quantitative estimate of drug-likeness (QED) is 0.852. The van der Waals surface area contributed by atoms with Gasteiger partial charge in [0.15, 0.2) is 0 Å². The predicted molar refractivity (Wildman–Crippen MR) is 83.9 cm³/mol. The number of aryl methyl sites for hydroxylation is 1. The van der Waals surface area contributed by atoms with Gasteiger partial charge in [-0.3, -0.25) is 9.78 Å². The zero-order valence-corrected chi connectivity index (χ0v) is 13.3. The van der Waals surface area contributed by atoms with Crippen molar-refractivity contribution in [3.05, 3.63) is 53.9 Å². The van der Waals surface area contributed by atoms with Crippen molar-refractivity contribution in [1.82, 2.24) is 4.98 Å². The van der Waals surface area contributed by atoms with Gasteiger partial charge in [0.05, 0.1) is 16.3 Å². The van der Waals surface area contributed by atoms with Crippen LogP contribution in [0.1, 0.15) is 22.5 Å². The molecule has 0 saturated heterocycles. The van der Waals surface area contributed by atoms with Gasteiger partial charge in [0.2, 0.25) is 9.84 Å². The van der Waals surface area contributed by atoms with Crippen LogP contribution in [0.3, 0.4) is 0 Å². The number of sulfone groups is 1. The second-order valence-electron chi connectivity index (χ2n) is 5.36. The number of hydrogen-bond donors (Lipinski definition) is 0. The van der Waals surface area contributed by atoms with E-state index in [2.05, 4.69) is 4.98 Å². The molecule has 126 valence electrons. The summed E-state index contributed by atoms with van der Waals surface area (Å²) in [5, 5.41) is 0. The van der Waals surface area contributed by atoms with E-state index in [9.17, 15) is 22.0 Å². The standard InChI is InChI=1S/C16H14F2N2O3S/c17-16(18)24(22,23)12-7-5-11(6-8-12)15(21)20-10-2-3-13-14(20)4-1-9-19-13/h1,4-9,16H,2-3,10H2. The van der Waals surface area contributed by atoms with E-state index >= 15 is 0 Å². The number of rotatable bonds is 3. The van der Waals surface area contributed by atoms with Gasteiger partial charge >= 0.3 is 5.76 Å². The van der Waals surface area contributed by atoms with Crippen LogP contribution in [0.5, 0.6) is 0 Å². The average molecular weight is 352 g/mol. The Morgan fingerprint density at radius 2 is 1.88 bits per heavy atom. The molecule has 0 aliphatic carbocycles. The summed E-state index contributed by atoms with van der Waals surface area (Å²) in [6.07, 6.45) is 3.22. The molecule has 0 saturated carbocycles. The van der Waals surface area contributed by atoms with E-state index in [0.717, 1.165) is 36.4 Å². The van der Waals surface area contributed by atoms with Crippen LogP contribution in [0.2, 0.25) is 0 Å². The van der Waals surface area contributed by atoms with E-state index in [-0.39, 0.29) is 11.5 Å². The summed E-state index contributed by atoms with van der Waals surface area (Å²) < 4.78 is 47.9. The van der Waals surface area contributed by atoms with Crippen LogP contribution in [0, 0.1) is 0 Å². The summed E-state index contributed by atoms with van der Waals surface area (Å²) in [6, 6.07) is 8.11. The average Bonchev–Trinajstić information content (AvgIpc) is 2.60. The van der Waals surface area contributed by atoms with Gasteiger partial charge in [-0.05, 0) is 49.2 Å². The Morgan fingerprint density at radius 3 is 2.54 bits per heavy atom. The summed E-state index contributed by atoms with van der Waals surface area (Å²) in [6.45, 7) is 0.522. The highest BCUT2D eigenvalue weighted by molar-refractivity contribution is 7.91. The number of pyridine rings is 1. The minimum Gasteiger partial charge on any atom is -0.307 e. The maximum atomic E-state index is 12.7. The molecule has 24 heavy (non-hydrogen) atoms. The van der Waals surface area contributed by atoms with Crippen LogP contribution in [-0.2, 0) is 16.3 Å². The van der Waals surface area contributed by atoms with Crippen molar-refractivity contribution >= 4 is 21.4 Å². The highest BCUT2D eigenvalue weighted by atomic mass is 32.2. The number of alkyl halides is 2. The number of carbonyl (C=O) groups is 1. The Labute approximate surface area is 137 Å². The fourth-order valence-corrected chi connectivity index (χ4v) is 3.37. The van der Waals surface area contributed by atoms with E-state index in [1.54, 1.807) is 23.2 Å². The molecule has 0 N–H and O–H groups in total. The van der Waals surface area contributed by atoms with Gasteiger partial charge in [-0.1, -0.05) is 0 Å². The lowest BCUT2D eigenvalue weighted by Gasteiger charge is -2.28. The van der Waals surface area contributed by atoms with Crippen LogP contribution in [0.25, 0.3) is 0 Å². The number of amides is 1. The molecule has 1 aliphatic heterocycles. The molecular weight excluding hydrogens is 338 g/mol. The van der Waals surface area contributed by atoms with Gasteiger partial charge in [0, 0.05) is 18.3 Å². The molecule has 1 amide bonds. The third-order valence-electron chi connectivity index (χ3n) is 3.86.